The summed E-state index contributed by atoms with van der Waals surface area (Å²) in [5.41, 5.74) is 4.85. The molecule has 0 saturated carbocycles. The number of amides is 1. The summed E-state index contributed by atoms with van der Waals surface area (Å²) in [5, 5.41) is 0. The van der Waals surface area contributed by atoms with Crippen LogP contribution in [0.25, 0.3) is 0 Å². The van der Waals surface area contributed by atoms with Crippen LogP contribution in [0.3, 0.4) is 0 Å². The summed E-state index contributed by atoms with van der Waals surface area (Å²) in [5.74, 6) is -5.21. The highest BCUT2D eigenvalue weighted by atomic mass is 32.1. The van der Waals surface area contributed by atoms with Gasteiger partial charge in [0, 0.05) is 19.0 Å². The molecule has 110 valence electrons. The fourth-order valence-electron chi connectivity index (χ4n) is 1.67. The molecule has 7 heteroatoms. The minimum Gasteiger partial charge on any atom is -0.393 e. The van der Waals surface area contributed by atoms with Gasteiger partial charge in [0.1, 0.15) is 0 Å². The first kappa shape index (κ1) is 16.4. The number of rotatable bonds is 5. The number of nitrogens with zero attached hydrogens (tertiary/aromatic N) is 1. The lowest BCUT2D eigenvalue weighted by Crippen LogP contribution is -2.39. The van der Waals surface area contributed by atoms with E-state index in [4.69, 9.17) is 18.0 Å². The monoisotopic (exact) mass is 304 g/mol. The molecular formula is C13H15F3N2OS. The Bertz CT molecular complexity index is 535. The van der Waals surface area contributed by atoms with Crippen LogP contribution in [0.4, 0.5) is 13.2 Å². The van der Waals surface area contributed by atoms with E-state index < -0.39 is 28.9 Å². The average Bonchev–Trinajstić information content (AvgIpc) is 2.35. The largest absolute Gasteiger partial charge is 0.393 e. The molecule has 0 bridgehead atoms. The summed E-state index contributed by atoms with van der Waals surface area (Å²) in [6, 6.07) is 1.38. The average molecular weight is 304 g/mol. The maximum atomic E-state index is 13.6. The van der Waals surface area contributed by atoms with Crippen LogP contribution in [-0.2, 0) is 0 Å². The van der Waals surface area contributed by atoms with Gasteiger partial charge in [-0.3, -0.25) is 4.79 Å². The standard InChI is InChI=1S/C13H15F3N2OS/c1-7(2)18(6-5-10(17)20)13(19)8-3-4-9(14)12(16)11(8)15/h3-4,7H,5-6H2,1-2H3,(H2,17,20). The first-order valence-corrected chi connectivity index (χ1v) is 6.39. The van der Waals surface area contributed by atoms with Gasteiger partial charge in [-0.25, -0.2) is 13.2 Å². The van der Waals surface area contributed by atoms with Gasteiger partial charge in [-0.15, -0.1) is 0 Å². The van der Waals surface area contributed by atoms with Crippen molar-refractivity contribution in [3.63, 3.8) is 0 Å². The molecule has 1 rings (SSSR count). The Morgan fingerprint density at radius 3 is 2.40 bits per heavy atom. The molecule has 0 aliphatic rings. The van der Waals surface area contributed by atoms with Gasteiger partial charge in [-0.05, 0) is 26.0 Å². The van der Waals surface area contributed by atoms with Crippen LogP contribution in [0.2, 0.25) is 0 Å². The molecule has 0 aliphatic heterocycles. The summed E-state index contributed by atoms with van der Waals surface area (Å²) >= 11 is 4.72. The Kier molecular flexibility index (Phi) is 5.50. The molecule has 0 fully saturated rings. The Labute approximate surface area is 120 Å². The Hall–Kier alpha value is -1.63. The van der Waals surface area contributed by atoms with Crippen LogP contribution in [0.15, 0.2) is 12.1 Å². The van der Waals surface area contributed by atoms with Crippen molar-refractivity contribution in [2.24, 2.45) is 5.73 Å². The SMILES string of the molecule is CC(C)N(CCC(N)=S)C(=O)c1ccc(F)c(F)c1F. The van der Waals surface area contributed by atoms with E-state index in [0.29, 0.717) is 0 Å². The summed E-state index contributed by atoms with van der Waals surface area (Å²) in [6.45, 7) is 3.62. The molecule has 0 spiro atoms. The van der Waals surface area contributed by atoms with Crippen molar-refractivity contribution in [1.29, 1.82) is 0 Å². The van der Waals surface area contributed by atoms with Gasteiger partial charge >= 0.3 is 0 Å². The second-order valence-corrected chi connectivity index (χ2v) is 5.06. The number of hydrogen-bond donors (Lipinski definition) is 1. The van der Waals surface area contributed by atoms with Gasteiger partial charge in [-0.1, -0.05) is 12.2 Å². The van der Waals surface area contributed by atoms with Gasteiger partial charge in [0.2, 0.25) is 0 Å². The van der Waals surface area contributed by atoms with Crippen molar-refractivity contribution in [1.82, 2.24) is 4.90 Å². The van der Waals surface area contributed by atoms with E-state index in [1.54, 1.807) is 13.8 Å². The van der Waals surface area contributed by atoms with E-state index in [1.807, 2.05) is 0 Å². The number of benzene rings is 1. The zero-order valence-electron chi connectivity index (χ0n) is 11.1. The van der Waals surface area contributed by atoms with Crippen molar-refractivity contribution in [2.45, 2.75) is 26.3 Å². The summed E-state index contributed by atoms with van der Waals surface area (Å²) in [7, 11) is 0. The summed E-state index contributed by atoms with van der Waals surface area (Å²) < 4.78 is 39.7. The Morgan fingerprint density at radius 2 is 1.90 bits per heavy atom. The van der Waals surface area contributed by atoms with Crippen LogP contribution in [0, 0.1) is 17.5 Å². The van der Waals surface area contributed by atoms with Gasteiger partial charge in [0.25, 0.3) is 5.91 Å². The summed E-state index contributed by atoms with van der Waals surface area (Å²) in [6.07, 6.45) is 0.268. The molecule has 1 aromatic rings. The van der Waals surface area contributed by atoms with Crippen molar-refractivity contribution >= 4 is 23.1 Å². The molecule has 20 heavy (non-hydrogen) atoms. The van der Waals surface area contributed by atoms with Gasteiger partial charge in [0.05, 0.1) is 10.6 Å². The van der Waals surface area contributed by atoms with Crippen molar-refractivity contribution < 1.29 is 18.0 Å². The number of hydrogen-bond acceptors (Lipinski definition) is 2. The first-order valence-electron chi connectivity index (χ1n) is 5.98. The molecule has 0 saturated heterocycles. The van der Waals surface area contributed by atoms with Gasteiger partial charge < -0.3 is 10.6 Å². The predicted molar refractivity (Wildman–Crippen MR) is 73.9 cm³/mol. The fraction of sp³-hybridized carbons (Fsp3) is 0.385. The minimum atomic E-state index is -1.66. The van der Waals surface area contributed by atoms with Crippen LogP contribution in [0.5, 0.6) is 0 Å². The van der Waals surface area contributed by atoms with Gasteiger partial charge in [-0.2, -0.15) is 0 Å². The second-order valence-electron chi connectivity index (χ2n) is 4.53. The minimum absolute atomic E-state index is 0.185. The molecule has 1 aromatic carbocycles. The van der Waals surface area contributed by atoms with E-state index in [9.17, 15) is 18.0 Å². The zero-order valence-corrected chi connectivity index (χ0v) is 11.9. The number of nitrogens with two attached hydrogens (primary N) is 1. The smallest absolute Gasteiger partial charge is 0.257 e. The van der Waals surface area contributed by atoms with Crippen molar-refractivity contribution in [3.8, 4) is 0 Å². The Morgan fingerprint density at radius 1 is 1.30 bits per heavy atom. The normalized spacial score (nSPS) is 10.7. The second kappa shape index (κ2) is 6.69. The number of carbonyl (C=O) groups excluding carboxylic acids is 1. The number of carbonyl (C=O) groups is 1. The predicted octanol–water partition coefficient (Wildman–Crippen LogP) is 2.63. The fourth-order valence-corrected chi connectivity index (χ4v) is 1.76. The highest BCUT2D eigenvalue weighted by Crippen LogP contribution is 2.18. The first-order chi connectivity index (χ1) is 9.25. The van der Waals surface area contributed by atoms with Crippen LogP contribution < -0.4 is 5.73 Å². The molecule has 0 atom stereocenters. The molecule has 2 N–H and O–H groups in total. The highest BCUT2D eigenvalue weighted by molar-refractivity contribution is 7.80. The number of thiocarbonyl (C=S) groups is 1. The molecule has 0 aliphatic carbocycles. The molecular weight excluding hydrogens is 289 g/mol. The van der Waals surface area contributed by atoms with E-state index in [0.717, 1.165) is 12.1 Å². The van der Waals surface area contributed by atoms with E-state index in [-0.39, 0.29) is 24.0 Å². The lowest BCUT2D eigenvalue weighted by molar-refractivity contribution is 0.0705. The lowest BCUT2D eigenvalue weighted by Gasteiger charge is -2.27. The zero-order chi connectivity index (χ0) is 15.4. The van der Waals surface area contributed by atoms with Crippen LogP contribution in [0.1, 0.15) is 30.6 Å². The third kappa shape index (κ3) is 3.69. The number of halogens is 3. The maximum Gasteiger partial charge on any atom is 0.257 e. The van der Waals surface area contributed by atoms with Crippen molar-refractivity contribution in [2.75, 3.05) is 6.54 Å². The molecule has 0 heterocycles. The summed E-state index contributed by atoms with van der Waals surface area (Å²) in [4.78, 5) is 13.7. The topological polar surface area (TPSA) is 46.3 Å². The highest BCUT2D eigenvalue weighted by Gasteiger charge is 2.24. The lowest BCUT2D eigenvalue weighted by atomic mass is 10.1. The third-order valence-electron chi connectivity index (χ3n) is 2.75. The van der Waals surface area contributed by atoms with E-state index in [1.165, 1.54) is 4.90 Å². The third-order valence-corrected chi connectivity index (χ3v) is 2.95. The Balaban J connectivity index is 3.07. The molecule has 0 radical (unpaired) electrons. The molecule has 3 nitrogen and oxygen atoms in total. The molecule has 0 aromatic heterocycles. The quantitative estimate of drug-likeness (QED) is 0.672. The van der Waals surface area contributed by atoms with Crippen molar-refractivity contribution in [3.05, 3.63) is 35.1 Å². The molecule has 1 amide bonds. The molecule has 0 unspecified atom stereocenters. The van der Waals surface area contributed by atoms with Crippen LogP contribution >= 0.6 is 12.2 Å². The van der Waals surface area contributed by atoms with E-state index >= 15 is 0 Å². The van der Waals surface area contributed by atoms with Gasteiger partial charge in [0.15, 0.2) is 17.5 Å². The van der Waals surface area contributed by atoms with E-state index in [2.05, 4.69) is 0 Å². The maximum absolute atomic E-state index is 13.6. The van der Waals surface area contributed by atoms with Crippen LogP contribution in [-0.4, -0.2) is 28.4 Å².